The number of carbonyl (C=O) groups is 1. The molecule has 19 heavy (non-hydrogen) atoms. The van der Waals surface area contributed by atoms with E-state index in [1.165, 1.54) is 0 Å². The minimum absolute atomic E-state index is 0.0427. The molecular formula is C14H25N3O2. The van der Waals surface area contributed by atoms with Crippen molar-refractivity contribution in [2.45, 2.75) is 53.6 Å². The maximum absolute atomic E-state index is 11.9. The lowest BCUT2D eigenvalue weighted by molar-refractivity contribution is -0.123. The SMILES string of the molecule is CCN(CC(=O)NC(C)(C)C)Cc1c(C)noc1C. The van der Waals surface area contributed by atoms with Gasteiger partial charge >= 0.3 is 0 Å². The highest BCUT2D eigenvalue weighted by atomic mass is 16.5. The number of carbonyl (C=O) groups excluding carboxylic acids is 1. The van der Waals surface area contributed by atoms with Gasteiger partial charge in [-0.2, -0.15) is 0 Å². The van der Waals surface area contributed by atoms with E-state index in [-0.39, 0.29) is 11.4 Å². The maximum atomic E-state index is 11.9. The molecule has 1 rings (SSSR count). The minimum atomic E-state index is -0.195. The Kier molecular flexibility index (Phi) is 5.11. The molecule has 0 unspecified atom stereocenters. The van der Waals surface area contributed by atoms with E-state index in [1.54, 1.807) is 0 Å². The fourth-order valence-electron chi connectivity index (χ4n) is 1.89. The van der Waals surface area contributed by atoms with Crippen LogP contribution in [0.4, 0.5) is 0 Å². The van der Waals surface area contributed by atoms with Crippen molar-refractivity contribution in [2.75, 3.05) is 13.1 Å². The third-order valence-electron chi connectivity index (χ3n) is 2.89. The summed E-state index contributed by atoms with van der Waals surface area (Å²) in [5, 5.41) is 6.91. The van der Waals surface area contributed by atoms with Crippen molar-refractivity contribution < 1.29 is 9.32 Å². The second kappa shape index (κ2) is 6.19. The van der Waals surface area contributed by atoms with Gasteiger partial charge in [0, 0.05) is 17.6 Å². The summed E-state index contributed by atoms with van der Waals surface area (Å²) in [7, 11) is 0. The fraction of sp³-hybridized carbons (Fsp3) is 0.714. The number of aromatic nitrogens is 1. The van der Waals surface area contributed by atoms with Crippen LogP contribution in [0, 0.1) is 13.8 Å². The Bertz CT molecular complexity index is 413. The Morgan fingerprint density at radius 1 is 1.37 bits per heavy atom. The van der Waals surface area contributed by atoms with Crippen molar-refractivity contribution in [3.63, 3.8) is 0 Å². The smallest absolute Gasteiger partial charge is 0.234 e. The predicted molar refractivity (Wildman–Crippen MR) is 74.8 cm³/mol. The molecule has 0 atom stereocenters. The van der Waals surface area contributed by atoms with Gasteiger partial charge in [-0.1, -0.05) is 12.1 Å². The van der Waals surface area contributed by atoms with Crippen LogP contribution in [0.1, 0.15) is 44.7 Å². The van der Waals surface area contributed by atoms with E-state index in [4.69, 9.17) is 4.52 Å². The molecule has 0 aliphatic rings. The molecule has 1 heterocycles. The summed E-state index contributed by atoms with van der Waals surface area (Å²) in [6, 6.07) is 0. The van der Waals surface area contributed by atoms with Gasteiger partial charge in [0.05, 0.1) is 12.2 Å². The normalized spacial score (nSPS) is 11.9. The Hall–Kier alpha value is -1.36. The number of amides is 1. The molecule has 1 N–H and O–H groups in total. The largest absolute Gasteiger partial charge is 0.361 e. The lowest BCUT2D eigenvalue weighted by Gasteiger charge is -2.24. The highest BCUT2D eigenvalue weighted by Crippen LogP contribution is 2.14. The first-order valence-corrected chi connectivity index (χ1v) is 6.68. The van der Waals surface area contributed by atoms with E-state index >= 15 is 0 Å². The molecule has 5 heteroatoms. The summed E-state index contributed by atoms with van der Waals surface area (Å²) in [6.07, 6.45) is 0. The topological polar surface area (TPSA) is 58.4 Å². The van der Waals surface area contributed by atoms with E-state index in [0.717, 1.165) is 23.6 Å². The molecule has 0 radical (unpaired) electrons. The van der Waals surface area contributed by atoms with Gasteiger partial charge in [-0.05, 0) is 41.2 Å². The summed E-state index contributed by atoms with van der Waals surface area (Å²) in [5.41, 5.74) is 1.78. The lowest BCUT2D eigenvalue weighted by atomic mass is 10.1. The zero-order chi connectivity index (χ0) is 14.6. The fourth-order valence-corrected chi connectivity index (χ4v) is 1.89. The zero-order valence-corrected chi connectivity index (χ0v) is 12.8. The van der Waals surface area contributed by atoms with Gasteiger partial charge in [0.1, 0.15) is 5.76 Å². The van der Waals surface area contributed by atoms with Gasteiger partial charge in [-0.15, -0.1) is 0 Å². The molecule has 0 bridgehead atoms. The highest BCUT2D eigenvalue weighted by Gasteiger charge is 2.18. The molecule has 0 aliphatic heterocycles. The minimum Gasteiger partial charge on any atom is -0.361 e. The van der Waals surface area contributed by atoms with Crippen LogP contribution < -0.4 is 5.32 Å². The summed E-state index contributed by atoms with van der Waals surface area (Å²) in [6.45, 7) is 13.7. The van der Waals surface area contributed by atoms with Crippen molar-refractivity contribution >= 4 is 5.91 Å². The standard InChI is InChI=1S/C14H25N3O2/c1-7-17(9-13(18)15-14(4,5)6)8-12-10(2)16-19-11(12)3/h7-9H2,1-6H3,(H,15,18). The number of likely N-dealkylation sites (N-methyl/N-ethyl adjacent to an activating group) is 1. The first-order valence-electron chi connectivity index (χ1n) is 6.68. The molecule has 0 saturated heterocycles. The van der Waals surface area contributed by atoms with Gasteiger partial charge in [0.25, 0.3) is 0 Å². The van der Waals surface area contributed by atoms with Gasteiger partial charge < -0.3 is 9.84 Å². The number of rotatable bonds is 5. The second-order valence-corrected chi connectivity index (χ2v) is 5.90. The van der Waals surface area contributed by atoms with Crippen molar-refractivity contribution in [3.8, 4) is 0 Å². The van der Waals surface area contributed by atoms with Gasteiger partial charge in [-0.3, -0.25) is 9.69 Å². The molecule has 0 aliphatic carbocycles. The number of nitrogens with zero attached hydrogens (tertiary/aromatic N) is 2. The summed E-state index contributed by atoms with van der Waals surface area (Å²) in [4.78, 5) is 14.0. The Balaban J connectivity index is 2.62. The van der Waals surface area contributed by atoms with Crippen LogP contribution in [0.3, 0.4) is 0 Å². The van der Waals surface area contributed by atoms with Crippen molar-refractivity contribution in [1.29, 1.82) is 0 Å². The second-order valence-electron chi connectivity index (χ2n) is 5.90. The summed E-state index contributed by atoms with van der Waals surface area (Å²) >= 11 is 0. The molecule has 0 aromatic carbocycles. The monoisotopic (exact) mass is 267 g/mol. The van der Waals surface area contributed by atoms with E-state index in [1.807, 2.05) is 41.5 Å². The molecule has 0 saturated carbocycles. The molecule has 1 aromatic heterocycles. The molecule has 108 valence electrons. The summed E-state index contributed by atoms with van der Waals surface area (Å²) in [5.74, 6) is 0.869. The average Bonchev–Trinajstić information content (AvgIpc) is 2.57. The van der Waals surface area contributed by atoms with Crippen LogP contribution in [-0.4, -0.2) is 34.6 Å². The van der Waals surface area contributed by atoms with E-state index in [0.29, 0.717) is 13.1 Å². The van der Waals surface area contributed by atoms with E-state index in [2.05, 4.69) is 15.4 Å². The van der Waals surface area contributed by atoms with Crippen molar-refractivity contribution in [1.82, 2.24) is 15.4 Å². The maximum Gasteiger partial charge on any atom is 0.234 e. The molecule has 1 aromatic rings. The Labute approximate surface area is 115 Å². The quantitative estimate of drug-likeness (QED) is 0.887. The van der Waals surface area contributed by atoms with Gasteiger partial charge in [0.2, 0.25) is 5.91 Å². The average molecular weight is 267 g/mol. The van der Waals surface area contributed by atoms with Crippen LogP contribution in [0.2, 0.25) is 0 Å². The third-order valence-corrected chi connectivity index (χ3v) is 2.89. The highest BCUT2D eigenvalue weighted by molar-refractivity contribution is 5.78. The van der Waals surface area contributed by atoms with E-state index in [9.17, 15) is 4.79 Å². The molecule has 1 amide bonds. The third kappa shape index (κ3) is 5.03. The van der Waals surface area contributed by atoms with Gasteiger partial charge in [-0.25, -0.2) is 0 Å². The van der Waals surface area contributed by atoms with Crippen LogP contribution in [0.25, 0.3) is 0 Å². The number of hydrogen-bond donors (Lipinski definition) is 1. The van der Waals surface area contributed by atoms with Crippen LogP contribution in [0.15, 0.2) is 4.52 Å². The van der Waals surface area contributed by atoms with Crippen LogP contribution in [0.5, 0.6) is 0 Å². The first-order chi connectivity index (χ1) is 8.73. The lowest BCUT2D eigenvalue weighted by Crippen LogP contribution is -2.45. The zero-order valence-electron chi connectivity index (χ0n) is 12.8. The van der Waals surface area contributed by atoms with Crippen molar-refractivity contribution in [3.05, 3.63) is 17.0 Å². The van der Waals surface area contributed by atoms with Gasteiger partial charge in [0.15, 0.2) is 0 Å². The summed E-state index contributed by atoms with van der Waals surface area (Å²) < 4.78 is 5.15. The van der Waals surface area contributed by atoms with Crippen LogP contribution in [-0.2, 0) is 11.3 Å². The number of nitrogens with one attached hydrogen (secondary N) is 1. The Morgan fingerprint density at radius 2 is 2.00 bits per heavy atom. The van der Waals surface area contributed by atoms with Crippen LogP contribution >= 0.6 is 0 Å². The first kappa shape index (κ1) is 15.7. The van der Waals surface area contributed by atoms with Crippen molar-refractivity contribution in [2.24, 2.45) is 0 Å². The number of hydrogen-bond acceptors (Lipinski definition) is 4. The Morgan fingerprint density at radius 3 is 2.42 bits per heavy atom. The molecule has 0 fully saturated rings. The molecule has 0 spiro atoms. The predicted octanol–water partition coefficient (Wildman–Crippen LogP) is 2.03. The molecular weight excluding hydrogens is 242 g/mol. The van der Waals surface area contributed by atoms with E-state index < -0.39 is 0 Å². The molecule has 5 nitrogen and oxygen atoms in total. The number of aryl methyl sites for hydroxylation is 2.